The number of hydrogen-bond acceptors (Lipinski definition) is 3. The van der Waals surface area contributed by atoms with E-state index < -0.39 is 35.8 Å². The Hall–Kier alpha value is -2.87. The first-order valence-corrected chi connectivity index (χ1v) is 10.6. The molecule has 2 aliphatic rings. The van der Waals surface area contributed by atoms with Crippen molar-refractivity contribution in [1.82, 2.24) is 0 Å². The summed E-state index contributed by atoms with van der Waals surface area (Å²) in [5, 5.41) is 2.34. The van der Waals surface area contributed by atoms with E-state index in [-0.39, 0.29) is 10.9 Å². The summed E-state index contributed by atoms with van der Waals surface area (Å²) in [7, 11) is 0. The molecule has 1 aliphatic heterocycles. The Balaban J connectivity index is 1.68. The minimum Gasteiger partial charge on any atom is -0.324 e. The first-order chi connectivity index (χ1) is 15.0. The topological polar surface area (TPSA) is 61.8 Å². The smallest absolute Gasteiger partial charge is 0.324 e. The number of carbonyl (C=O) groups excluding carboxylic acids is 2. The predicted octanol–water partition coefficient (Wildman–Crippen LogP) is 5.83. The molecule has 1 heterocycles. The normalized spacial score (nSPS) is 18.1. The molecule has 0 radical (unpaired) electrons. The van der Waals surface area contributed by atoms with Crippen LogP contribution in [0.15, 0.2) is 35.3 Å². The molecule has 32 heavy (non-hydrogen) atoms. The van der Waals surface area contributed by atoms with Gasteiger partial charge in [-0.2, -0.15) is 13.2 Å². The molecular formula is C23H21ClF3N3O2. The lowest BCUT2D eigenvalue weighted by Crippen LogP contribution is -2.42. The number of alkyl halides is 3. The molecule has 1 fully saturated rings. The van der Waals surface area contributed by atoms with Gasteiger partial charge in [-0.3, -0.25) is 14.6 Å². The summed E-state index contributed by atoms with van der Waals surface area (Å²) in [6.45, 7) is 3.39. The Morgan fingerprint density at radius 2 is 1.94 bits per heavy atom. The largest absolute Gasteiger partial charge is 0.418 e. The number of hydrogen-bond donors (Lipinski definition) is 1. The van der Waals surface area contributed by atoms with Gasteiger partial charge in [0.2, 0.25) is 11.8 Å². The van der Waals surface area contributed by atoms with Crippen LogP contribution in [0.5, 0.6) is 0 Å². The van der Waals surface area contributed by atoms with E-state index in [1.807, 2.05) is 19.9 Å². The molecule has 0 bridgehead atoms. The molecule has 168 valence electrons. The van der Waals surface area contributed by atoms with Gasteiger partial charge in [0.05, 0.1) is 28.5 Å². The zero-order valence-corrected chi connectivity index (χ0v) is 18.3. The molecule has 4 rings (SSSR count). The number of nitrogens with zero attached hydrogens (tertiary/aromatic N) is 2. The lowest BCUT2D eigenvalue weighted by atomic mass is 10.0. The predicted molar refractivity (Wildman–Crippen MR) is 118 cm³/mol. The fraction of sp³-hybridized carbons (Fsp3) is 0.348. The van der Waals surface area contributed by atoms with Crippen LogP contribution in [0.2, 0.25) is 5.02 Å². The first-order valence-electron chi connectivity index (χ1n) is 10.2. The Kier molecular flexibility index (Phi) is 5.75. The van der Waals surface area contributed by atoms with Crippen LogP contribution in [0.25, 0.3) is 0 Å². The van der Waals surface area contributed by atoms with Crippen LogP contribution < -0.4 is 10.2 Å². The molecule has 1 N–H and O–H groups in total. The van der Waals surface area contributed by atoms with Gasteiger partial charge >= 0.3 is 6.18 Å². The van der Waals surface area contributed by atoms with Crippen molar-refractivity contribution in [3.05, 3.63) is 52.0 Å². The lowest BCUT2D eigenvalue weighted by molar-refractivity contribution is -0.137. The van der Waals surface area contributed by atoms with Crippen molar-refractivity contribution < 1.29 is 22.8 Å². The fourth-order valence-electron chi connectivity index (χ4n) is 4.14. The van der Waals surface area contributed by atoms with E-state index in [4.69, 9.17) is 16.6 Å². The van der Waals surface area contributed by atoms with Crippen molar-refractivity contribution in [2.24, 2.45) is 10.9 Å². The number of fused-ring (bicyclic) bond motifs is 2. The number of amides is 2. The minimum absolute atomic E-state index is 0.0552. The quantitative estimate of drug-likeness (QED) is 0.622. The summed E-state index contributed by atoms with van der Waals surface area (Å²) in [5.74, 6) is -1.44. The Bertz CT molecular complexity index is 1140. The van der Waals surface area contributed by atoms with Gasteiger partial charge in [0.1, 0.15) is 6.54 Å². The summed E-state index contributed by atoms with van der Waals surface area (Å²) in [6.07, 6.45) is -2.50. The van der Waals surface area contributed by atoms with Gasteiger partial charge in [-0.15, -0.1) is 0 Å². The van der Waals surface area contributed by atoms with Crippen molar-refractivity contribution in [2.75, 3.05) is 16.8 Å². The molecule has 1 aliphatic carbocycles. The second-order valence-electron chi connectivity index (χ2n) is 8.13. The lowest BCUT2D eigenvalue weighted by Gasteiger charge is -2.25. The van der Waals surface area contributed by atoms with Gasteiger partial charge in [-0.25, -0.2) is 0 Å². The number of aryl methyl sites for hydroxylation is 2. The van der Waals surface area contributed by atoms with Crippen molar-refractivity contribution in [3.8, 4) is 0 Å². The highest BCUT2D eigenvalue weighted by atomic mass is 35.5. The third kappa shape index (κ3) is 4.24. The highest BCUT2D eigenvalue weighted by Crippen LogP contribution is 2.40. The molecule has 2 aromatic rings. The van der Waals surface area contributed by atoms with Crippen molar-refractivity contribution in [3.63, 3.8) is 0 Å². The number of halogens is 4. The number of rotatable bonds is 3. The van der Waals surface area contributed by atoms with Crippen LogP contribution in [0.1, 0.15) is 36.0 Å². The maximum Gasteiger partial charge on any atom is 0.418 e. The van der Waals surface area contributed by atoms with E-state index in [1.165, 1.54) is 4.90 Å². The first kappa shape index (κ1) is 22.3. The van der Waals surface area contributed by atoms with Crippen molar-refractivity contribution >= 4 is 46.2 Å². The highest BCUT2D eigenvalue weighted by Gasteiger charge is 2.38. The summed E-state index contributed by atoms with van der Waals surface area (Å²) in [6, 6.07) is 6.64. The third-order valence-corrected chi connectivity index (χ3v) is 6.14. The van der Waals surface area contributed by atoms with E-state index in [0.717, 1.165) is 41.5 Å². The van der Waals surface area contributed by atoms with E-state index >= 15 is 0 Å². The summed E-state index contributed by atoms with van der Waals surface area (Å²) in [4.78, 5) is 32.2. The molecule has 0 aromatic heterocycles. The summed E-state index contributed by atoms with van der Waals surface area (Å²) >= 11 is 5.85. The van der Waals surface area contributed by atoms with Gasteiger partial charge in [-0.1, -0.05) is 11.6 Å². The number of aliphatic imine (C=N–C) groups is 1. The molecule has 9 heteroatoms. The van der Waals surface area contributed by atoms with Crippen LogP contribution in [-0.2, 0) is 15.8 Å². The van der Waals surface area contributed by atoms with Gasteiger partial charge in [0.25, 0.3) is 0 Å². The maximum absolute atomic E-state index is 13.4. The van der Waals surface area contributed by atoms with Gasteiger partial charge in [0, 0.05) is 10.7 Å². The molecule has 2 amide bonds. The van der Waals surface area contributed by atoms with E-state index in [0.29, 0.717) is 24.2 Å². The minimum atomic E-state index is -4.67. The molecule has 5 nitrogen and oxygen atoms in total. The Morgan fingerprint density at radius 1 is 1.22 bits per heavy atom. The van der Waals surface area contributed by atoms with Gasteiger partial charge < -0.3 is 10.2 Å². The zero-order chi connectivity index (χ0) is 23.2. The second kappa shape index (κ2) is 8.24. The average Bonchev–Trinajstić information content (AvgIpc) is 3.12. The molecular weight excluding hydrogens is 443 g/mol. The van der Waals surface area contributed by atoms with Crippen LogP contribution in [-0.4, -0.2) is 24.1 Å². The number of carbonyl (C=O) groups is 2. The molecule has 1 unspecified atom stereocenters. The van der Waals surface area contributed by atoms with Crippen LogP contribution in [0.3, 0.4) is 0 Å². The molecule has 2 aromatic carbocycles. The van der Waals surface area contributed by atoms with Crippen molar-refractivity contribution in [1.29, 1.82) is 0 Å². The summed E-state index contributed by atoms with van der Waals surface area (Å²) in [5.41, 5.74) is 2.32. The zero-order valence-electron chi connectivity index (χ0n) is 17.5. The molecule has 0 spiro atoms. The molecule has 1 saturated carbocycles. The summed E-state index contributed by atoms with van der Waals surface area (Å²) < 4.78 is 40.1. The van der Waals surface area contributed by atoms with E-state index in [2.05, 4.69) is 5.32 Å². The maximum atomic E-state index is 13.4. The van der Waals surface area contributed by atoms with Crippen LogP contribution in [0.4, 0.5) is 30.2 Å². The van der Waals surface area contributed by atoms with Gasteiger partial charge in [0.15, 0.2) is 0 Å². The van der Waals surface area contributed by atoms with E-state index in [9.17, 15) is 22.8 Å². The van der Waals surface area contributed by atoms with E-state index in [1.54, 1.807) is 6.07 Å². The average molecular weight is 464 g/mol. The third-order valence-electron chi connectivity index (χ3n) is 5.90. The van der Waals surface area contributed by atoms with Crippen LogP contribution in [0, 0.1) is 19.8 Å². The SMILES string of the molecule is Cc1cc2c(cc1C)N(CC(=O)Nc1cc(Cl)ccc1C(F)(F)F)C(=O)C1CCCC1=N2. The second-order valence-corrected chi connectivity index (χ2v) is 8.57. The monoisotopic (exact) mass is 463 g/mol. The molecule has 1 atom stereocenters. The molecule has 0 saturated heterocycles. The van der Waals surface area contributed by atoms with Crippen LogP contribution >= 0.6 is 11.6 Å². The van der Waals surface area contributed by atoms with Crippen molar-refractivity contribution in [2.45, 2.75) is 39.3 Å². The fourth-order valence-corrected chi connectivity index (χ4v) is 4.32. The number of nitrogens with one attached hydrogen (secondary N) is 1. The van der Waals surface area contributed by atoms with Gasteiger partial charge in [-0.05, 0) is 74.6 Å². The Morgan fingerprint density at radius 3 is 2.66 bits per heavy atom. The standard InChI is InChI=1S/C23H21ClF3N3O2/c1-12-8-19-20(9-13(12)2)30(22(32)15-4-3-5-17(15)28-19)11-21(31)29-18-10-14(24)6-7-16(18)23(25,26)27/h6-10,15H,3-5,11H2,1-2H3,(H,29,31). The highest BCUT2D eigenvalue weighted by molar-refractivity contribution is 6.31. The Labute approximate surface area is 188 Å². The number of anilines is 2. The number of benzene rings is 2.